The number of nitrogens with zero attached hydrogens (tertiary/aromatic N) is 4. The van der Waals surface area contributed by atoms with Crippen molar-refractivity contribution >= 4 is 28.8 Å². The molecule has 5 rings (SSSR count). The zero-order valence-electron chi connectivity index (χ0n) is 16.9. The molecule has 2 aromatic carbocycles. The Morgan fingerprint density at radius 2 is 1.70 bits per heavy atom. The smallest absolute Gasteiger partial charge is 0.277 e. The summed E-state index contributed by atoms with van der Waals surface area (Å²) in [7, 11) is 0. The van der Waals surface area contributed by atoms with E-state index in [-0.39, 0.29) is 5.91 Å². The Hall–Kier alpha value is -3.41. The molecular weight excluding hydrogens is 374 g/mol. The summed E-state index contributed by atoms with van der Waals surface area (Å²) in [5.74, 6) is 0.532. The van der Waals surface area contributed by atoms with Crippen molar-refractivity contribution in [2.24, 2.45) is 0 Å². The molecule has 6 heteroatoms. The lowest BCUT2D eigenvalue weighted by atomic mass is 10.0. The van der Waals surface area contributed by atoms with E-state index < -0.39 is 0 Å². The van der Waals surface area contributed by atoms with Crippen LogP contribution in [0.25, 0.3) is 0 Å². The van der Waals surface area contributed by atoms with Crippen LogP contribution < -0.4 is 15.1 Å². The van der Waals surface area contributed by atoms with E-state index in [4.69, 9.17) is 0 Å². The maximum Gasteiger partial charge on any atom is 0.277 e. The van der Waals surface area contributed by atoms with Crippen molar-refractivity contribution in [1.29, 1.82) is 0 Å². The Kier molecular flexibility index (Phi) is 5.05. The van der Waals surface area contributed by atoms with Gasteiger partial charge in [-0.2, -0.15) is 0 Å². The monoisotopic (exact) mass is 399 g/mol. The minimum atomic E-state index is -0.0861. The molecule has 1 fully saturated rings. The molecule has 0 spiro atoms. The molecule has 0 aliphatic carbocycles. The van der Waals surface area contributed by atoms with Crippen LogP contribution in [0.2, 0.25) is 0 Å². The summed E-state index contributed by atoms with van der Waals surface area (Å²) in [6.07, 6.45) is 5.94. The van der Waals surface area contributed by atoms with E-state index in [1.165, 1.54) is 30.4 Å². The van der Waals surface area contributed by atoms with Crippen LogP contribution in [0, 0.1) is 0 Å². The zero-order chi connectivity index (χ0) is 20.3. The minimum Gasteiger partial charge on any atom is -0.372 e. The number of rotatable bonds is 4. The second-order valence-corrected chi connectivity index (χ2v) is 7.84. The van der Waals surface area contributed by atoms with Crippen LogP contribution in [-0.4, -0.2) is 35.5 Å². The van der Waals surface area contributed by atoms with Crippen molar-refractivity contribution in [2.75, 3.05) is 34.8 Å². The molecule has 1 N–H and O–H groups in total. The summed E-state index contributed by atoms with van der Waals surface area (Å²) in [4.78, 5) is 25.9. The first kappa shape index (κ1) is 18.6. The SMILES string of the molecule is O=C(c1cc(Nc2ccc(N3CCCC3)cc2)ncn1)N1CCCc2ccccc21. The molecule has 0 atom stereocenters. The lowest BCUT2D eigenvalue weighted by molar-refractivity contribution is 0.0980. The van der Waals surface area contributed by atoms with Gasteiger partial charge in [-0.05, 0) is 61.6 Å². The number of anilines is 4. The fraction of sp³-hybridized carbons (Fsp3) is 0.292. The van der Waals surface area contributed by atoms with Gasteiger partial charge in [0.1, 0.15) is 17.8 Å². The summed E-state index contributed by atoms with van der Waals surface area (Å²) in [5.41, 5.74) is 4.79. The lowest BCUT2D eigenvalue weighted by Gasteiger charge is -2.29. The van der Waals surface area contributed by atoms with Crippen molar-refractivity contribution in [3.63, 3.8) is 0 Å². The topological polar surface area (TPSA) is 61.4 Å². The zero-order valence-corrected chi connectivity index (χ0v) is 16.9. The van der Waals surface area contributed by atoms with E-state index in [2.05, 4.69) is 50.5 Å². The van der Waals surface area contributed by atoms with Crippen LogP contribution in [0.15, 0.2) is 60.9 Å². The summed E-state index contributed by atoms with van der Waals surface area (Å²) >= 11 is 0. The molecule has 2 aliphatic rings. The predicted molar refractivity (Wildman–Crippen MR) is 120 cm³/mol. The number of benzene rings is 2. The highest BCUT2D eigenvalue weighted by Gasteiger charge is 2.24. The maximum absolute atomic E-state index is 13.2. The van der Waals surface area contributed by atoms with Crippen LogP contribution in [0.4, 0.5) is 22.9 Å². The van der Waals surface area contributed by atoms with E-state index in [1.54, 1.807) is 6.07 Å². The quantitative estimate of drug-likeness (QED) is 0.704. The van der Waals surface area contributed by atoms with Gasteiger partial charge >= 0.3 is 0 Å². The molecule has 1 aromatic heterocycles. The molecule has 0 unspecified atom stereocenters. The number of para-hydroxylation sites is 1. The summed E-state index contributed by atoms with van der Waals surface area (Å²) in [6, 6.07) is 18.2. The number of aryl methyl sites for hydroxylation is 1. The Morgan fingerprint density at radius 3 is 2.53 bits per heavy atom. The van der Waals surface area contributed by atoms with Gasteiger partial charge in [0.2, 0.25) is 0 Å². The Balaban J connectivity index is 1.33. The second-order valence-electron chi connectivity index (χ2n) is 7.84. The van der Waals surface area contributed by atoms with Crippen LogP contribution in [-0.2, 0) is 6.42 Å². The van der Waals surface area contributed by atoms with Gasteiger partial charge in [0, 0.05) is 42.8 Å². The highest BCUT2D eigenvalue weighted by atomic mass is 16.2. The normalized spacial score (nSPS) is 15.7. The average molecular weight is 399 g/mol. The van der Waals surface area contributed by atoms with Gasteiger partial charge in [0.25, 0.3) is 5.91 Å². The number of hydrogen-bond donors (Lipinski definition) is 1. The Labute approximate surface area is 176 Å². The van der Waals surface area contributed by atoms with Gasteiger partial charge in [0.05, 0.1) is 0 Å². The molecule has 1 saturated heterocycles. The third kappa shape index (κ3) is 3.73. The van der Waals surface area contributed by atoms with E-state index in [0.717, 1.165) is 37.3 Å². The summed E-state index contributed by atoms with van der Waals surface area (Å²) in [5, 5.41) is 3.30. The number of fused-ring (bicyclic) bond motifs is 1. The summed E-state index contributed by atoms with van der Waals surface area (Å²) < 4.78 is 0. The Bertz CT molecular complexity index is 1040. The fourth-order valence-electron chi connectivity index (χ4n) is 4.30. The molecule has 6 nitrogen and oxygen atoms in total. The molecule has 3 heterocycles. The van der Waals surface area contributed by atoms with Crippen LogP contribution in [0.3, 0.4) is 0 Å². The molecule has 2 aliphatic heterocycles. The van der Waals surface area contributed by atoms with E-state index in [1.807, 2.05) is 23.1 Å². The molecule has 30 heavy (non-hydrogen) atoms. The lowest BCUT2D eigenvalue weighted by Crippen LogP contribution is -2.36. The number of amides is 1. The molecule has 0 saturated carbocycles. The Morgan fingerprint density at radius 1 is 0.900 bits per heavy atom. The van der Waals surface area contributed by atoms with Crippen molar-refractivity contribution < 1.29 is 4.79 Å². The largest absolute Gasteiger partial charge is 0.372 e. The number of carbonyl (C=O) groups is 1. The van der Waals surface area contributed by atoms with Crippen LogP contribution >= 0.6 is 0 Å². The van der Waals surface area contributed by atoms with Crippen LogP contribution in [0.1, 0.15) is 35.3 Å². The predicted octanol–water partition coefficient (Wildman–Crippen LogP) is 4.41. The molecule has 152 valence electrons. The highest BCUT2D eigenvalue weighted by Crippen LogP contribution is 2.28. The third-order valence-electron chi connectivity index (χ3n) is 5.85. The number of carbonyl (C=O) groups excluding carboxylic acids is 1. The van der Waals surface area contributed by atoms with Crippen molar-refractivity contribution in [2.45, 2.75) is 25.7 Å². The molecule has 3 aromatic rings. The number of hydrogen-bond acceptors (Lipinski definition) is 5. The standard InChI is InChI=1S/C24H25N5O/c30-24(29-15-5-7-18-6-1-2-8-22(18)29)21-16-23(26-17-25-21)27-19-9-11-20(12-10-19)28-13-3-4-14-28/h1-2,6,8-12,16-17H,3-5,7,13-15H2,(H,25,26,27). The third-order valence-corrected chi connectivity index (χ3v) is 5.85. The van der Waals surface area contributed by atoms with Gasteiger partial charge in [-0.1, -0.05) is 18.2 Å². The van der Waals surface area contributed by atoms with Crippen LogP contribution in [0.5, 0.6) is 0 Å². The first-order chi connectivity index (χ1) is 14.8. The van der Waals surface area contributed by atoms with Crippen molar-refractivity contribution in [3.8, 4) is 0 Å². The first-order valence-corrected chi connectivity index (χ1v) is 10.6. The summed E-state index contributed by atoms with van der Waals surface area (Å²) in [6.45, 7) is 2.97. The first-order valence-electron chi connectivity index (χ1n) is 10.6. The molecular formula is C24H25N5O. The van der Waals surface area contributed by atoms with E-state index >= 15 is 0 Å². The molecule has 0 bridgehead atoms. The van der Waals surface area contributed by atoms with Gasteiger partial charge in [-0.3, -0.25) is 4.79 Å². The van der Waals surface area contributed by atoms with Crippen molar-refractivity contribution in [1.82, 2.24) is 9.97 Å². The average Bonchev–Trinajstić information content (AvgIpc) is 3.34. The van der Waals surface area contributed by atoms with E-state index in [0.29, 0.717) is 18.1 Å². The van der Waals surface area contributed by atoms with Gasteiger partial charge in [-0.15, -0.1) is 0 Å². The minimum absolute atomic E-state index is 0.0861. The fourth-order valence-corrected chi connectivity index (χ4v) is 4.30. The number of nitrogens with one attached hydrogen (secondary N) is 1. The second kappa shape index (κ2) is 8.14. The van der Waals surface area contributed by atoms with E-state index in [9.17, 15) is 4.79 Å². The highest BCUT2D eigenvalue weighted by molar-refractivity contribution is 6.05. The molecule has 0 radical (unpaired) electrons. The molecule has 1 amide bonds. The van der Waals surface area contributed by atoms with Gasteiger partial charge < -0.3 is 15.1 Å². The number of aromatic nitrogens is 2. The maximum atomic E-state index is 13.2. The van der Waals surface area contributed by atoms with Crippen molar-refractivity contribution in [3.05, 3.63) is 72.2 Å². The van der Waals surface area contributed by atoms with Gasteiger partial charge in [-0.25, -0.2) is 9.97 Å². The van der Waals surface area contributed by atoms with Gasteiger partial charge in [0.15, 0.2) is 0 Å².